The van der Waals surface area contributed by atoms with Crippen LogP contribution in [0.15, 0.2) is 72.9 Å². The number of carboxylic acid groups (broad SMARTS) is 1. The molecule has 0 aromatic carbocycles. The number of carbonyl (C=O) groups is 3. The Morgan fingerprint density at radius 2 is 0.933 bits per heavy atom. The number of carboxylic acids is 1. The Morgan fingerprint density at radius 3 is 1.37 bits per heavy atom. The number of hydrogen-bond acceptors (Lipinski definition) is 9. The van der Waals surface area contributed by atoms with Crippen molar-refractivity contribution < 1.29 is 47.5 Å². The summed E-state index contributed by atoms with van der Waals surface area (Å²) in [6.45, 7) is 2.62. The first-order valence-electron chi connectivity index (χ1n) is 23.0. The van der Waals surface area contributed by atoms with Gasteiger partial charge in [0.2, 0.25) is 0 Å². The number of carbonyl (C=O) groups excluding carboxylic acids is 2. The zero-order valence-corrected chi connectivity index (χ0v) is 38.2. The van der Waals surface area contributed by atoms with Gasteiger partial charge >= 0.3 is 25.7 Å². The fourth-order valence-electron chi connectivity index (χ4n) is 5.91. The molecule has 60 heavy (non-hydrogen) atoms. The average Bonchev–Trinajstić information content (AvgIpc) is 3.22. The van der Waals surface area contributed by atoms with Crippen LogP contribution >= 0.6 is 7.82 Å². The molecule has 0 aromatic heterocycles. The molecule has 0 aliphatic heterocycles. The summed E-state index contributed by atoms with van der Waals surface area (Å²) in [5.74, 6) is -2.49. The topological polar surface area (TPSA) is 172 Å². The summed E-state index contributed by atoms with van der Waals surface area (Å²) in [5.41, 5.74) is 5.33. The second-order valence-corrected chi connectivity index (χ2v) is 16.6. The van der Waals surface area contributed by atoms with E-state index in [2.05, 4.69) is 73.1 Å². The monoisotopic (exact) mass is 864 g/mol. The lowest BCUT2D eigenvalue weighted by molar-refractivity contribution is -0.161. The molecule has 0 aliphatic carbocycles. The minimum Gasteiger partial charge on any atom is -0.480 e. The first-order chi connectivity index (χ1) is 29.1. The number of allylic oxidation sites excluding steroid dienone is 12. The summed E-state index contributed by atoms with van der Waals surface area (Å²) in [6.07, 6.45) is 51.2. The molecule has 0 radical (unpaired) electrons. The Bertz CT molecular complexity index is 1290. The molecule has 0 bridgehead atoms. The molecule has 0 rings (SSSR count). The molecule has 1 unspecified atom stereocenters. The van der Waals surface area contributed by atoms with E-state index in [0.717, 1.165) is 51.4 Å². The smallest absolute Gasteiger partial charge is 0.472 e. The molecule has 12 heteroatoms. The second kappa shape index (κ2) is 42.6. The van der Waals surface area contributed by atoms with Gasteiger partial charge in [-0.25, -0.2) is 4.57 Å². The molecule has 3 atom stereocenters. The number of phosphoric acid groups is 1. The maximum Gasteiger partial charge on any atom is 0.472 e. The van der Waals surface area contributed by atoms with Gasteiger partial charge in [-0.15, -0.1) is 0 Å². The fourth-order valence-corrected chi connectivity index (χ4v) is 6.69. The van der Waals surface area contributed by atoms with E-state index in [9.17, 15) is 23.8 Å². The fraction of sp³-hybridized carbons (Fsp3) is 0.688. The zero-order valence-electron chi connectivity index (χ0n) is 37.3. The third-order valence-corrected chi connectivity index (χ3v) is 10.4. The molecular weight excluding hydrogens is 781 g/mol. The van der Waals surface area contributed by atoms with Crippen LogP contribution in [0.3, 0.4) is 0 Å². The number of rotatable bonds is 42. The van der Waals surface area contributed by atoms with Crippen molar-refractivity contribution in [3.8, 4) is 0 Å². The van der Waals surface area contributed by atoms with Crippen molar-refractivity contribution in [3.05, 3.63) is 72.9 Å². The van der Waals surface area contributed by atoms with Crippen LogP contribution in [-0.2, 0) is 37.5 Å². The molecule has 0 heterocycles. The number of aliphatic carboxylic acids is 1. The van der Waals surface area contributed by atoms with Gasteiger partial charge in [-0.2, -0.15) is 0 Å². The summed E-state index contributed by atoms with van der Waals surface area (Å²) in [5, 5.41) is 8.90. The highest BCUT2D eigenvalue weighted by molar-refractivity contribution is 7.47. The Hall–Kier alpha value is -3.08. The van der Waals surface area contributed by atoms with Crippen LogP contribution in [-0.4, -0.2) is 59.9 Å². The number of phosphoric ester groups is 1. The zero-order chi connectivity index (χ0) is 44.2. The normalized spacial score (nSPS) is 14.3. The Kier molecular flexibility index (Phi) is 40.4. The van der Waals surface area contributed by atoms with Crippen LogP contribution in [0.4, 0.5) is 0 Å². The Labute approximate surface area is 363 Å². The van der Waals surface area contributed by atoms with E-state index >= 15 is 0 Å². The predicted molar refractivity (Wildman–Crippen MR) is 244 cm³/mol. The third-order valence-electron chi connectivity index (χ3n) is 9.48. The quantitative estimate of drug-likeness (QED) is 0.0231. The summed E-state index contributed by atoms with van der Waals surface area (Å²) in [6, 6.07) is -1.54. The van der Waals surface area contributed by atoms with Gasteiger partial charge in [0, 0.05) is 12.8 Å². The second-order valence-electron chi connectivity index (χ2n) is 15.2. The van der Waals surface area contributed by atoms with Crippen molar-refractivity contribution in [2.45, 2.75) is 193 Å². The number of esters is 2. The minimum absolute atomic E-state index is 0.0343. The van der Waals surface area contributed by atoms with E-state index < -0.39 is 51.1 Å². The predicted octanol–water partition coefficient (Wildman–Crippen LogP) is 12.5. The van der Waals surface area contributed by atoms with Crippen LogP contribution in [0.1, 0.15) is 181 Å². The summed E-state index contributed by atoms with van der Waals surface area (Å²) in [7, 11) is -4.74. The maximum absolute atomic E-state index is 12.6. The largest absolute Gasteiger partial charge is 0.480 e. The van der Waals surface area contributed by atoms with Gasteiger partial charge in [-0.1, -0.05) is 189 Å². The molecule has 0 aliphatic rings. The standard InChI is InChI=1S/C48H82NO10P/c1-3-5-7-9-11-13-15-17-19-21-22-24-26-28-30-32-34-36-38-40-47(51)59-44(42-57-60(54,55)58-43-45(49)48(52)53)41-56-46(50)39-37-35-33-31-29-27-25-23-20-18-16-14-12-10-8-6-4-2/h5,7,11,13,17,19,22,24,28,30,34,36,44-45H,3-4,6,8-10,12,14-16,18,20-21,23,25-27,29,31-33,35,37-43,49H2,1-2H3,(H,52,53)(H,54,55)/b7-5+,13-11+,19-17+,24-22+,30-28+,36-34+/t44-,45+/m1/s1. The lowest BCUT2D eigenvalue weighted by Crippen LogP contribution is -2.34. The van der Waals surface area contributed by atoms with Crippen molar-refractivity contribution in [2.75, 3.05) is 19.8 Å². The van der Waals surface area contributed by atoms with Crippen molar-refractivity contribution in [1.29, 1.82) is 0 Å². The molecule has 0 amide bonds. The van der Waals surface area contributed by atoms with Gasteiger partial charge in [0.1, 0.15) is 12.6 Å². The molecule has 11 nitrogen and oxygen atoms in total. The number of hydrogen-bond donors (Lipinski definition) is 3. The number of nitrogens with two attached hydrogens (primary N) is 1. The van der Waals surface area contributed by atoms with Crippen molar-refractivity contribution in [3.63, 3.8) is 0 Å². The third kappa shape index (κ3) is 41.6. The average molecular weight is 864 g/mol. The van der Waals surface area contributed by atoms with Crippen LogP contribution in [0.25, 0.3) is 0 Å². The van der Waals surface area contributed by atoms with Crippen LogP contribution < -0.4 is 5.73 Å². The Balaban J connectivity index is 4.45. The highest BCUT2D eigenvalue weighted by Gasteiger charge is 2.28. The van der Waals surface area contributed by atoms with E-state index in [4.69, 9.17) is 24.8 Å². The summed E-state index contributed by atoms with van der Waals surface area (Å²) in [4.78, 5) is 46.0. The molecule has 0 saturated heterocycles. The number of unbranched alkanes of at least 4 members (excludes halogenated alkanes) is 16. The molecule has 0 aromatic rings. The van der Waals surface area contributed by atoms with Crippen molar-refractivity contribution >= 4 is 25.7 Å². The molecule has 0 spiro atoms. The molecule has 4 N–H and O–H groups in total. The van der Waals surface area contributed by atoms with Crippen molar-refractivity contribution in [2.24, 2.45) is 5.73 Å². The van der Waals surface area contributed by atoms with Gasteiger partial charge in [0.05, 0.1) is 13.2 Å². The first kappa shape index (κ1) is 56.9. The van der Waals surface area contributed by atoms with E-state index in [0.29, 0.717) is 19.3 Å². The van der Waals surface area contributed by atoms with E-state index in [1.165, 1.54) is 83.5 Å². The van der Waals surface area contributed by atoms with Crippen molar-refractivity contribution in [1.82, 2.24) is 0 Å². The van der Waals surface area contributed by atoms with Crippen LogP contribution in [0.2, 0.25) is 0 Å². The lowest BCUT2D eigenvalue weighted by Gasteiger charge is -2.20. The van der Waals surface area contributed by atoms with Gasteiger partial charge in [0.15, 0.2) is 6.10 Å². The minimum atomic E-state index is -4.74. The van der Waals surface area contributed by atoms with Crippen LogP contribution in [0.5, 0.6) is 0 Å². The SMILES string of the molecule is CC/C=C/C/C=C/C/C=C/C/C=C/C/C=C/C/C=C/CCC(=O)O[C@H](COC(=O)CCCCCCCCCCCCCCCCCCC)COP(=O)(O)OC[C@H](N)C(=O)O. The van der Waals surface area contributed by atoms with Gasteiger partial charge in [-0.05, 0) is 51.4 Å². The van der Waals surface area contributed by atoms with Gasteiger partial charge in [0.25, 0.3) is 0 Å². The summed E-state index contributed by atoms with van der Waals surface area (Å²) < 4.78 is 32.7. The first-order valence-corrected chi connectivity index (χ1v) is 24.5. The van der Waals surface area contributed by atoms with E-state index in [1.807, 2.05) is 18.2 Å². The maximum atomic E-state index is 12.6. The molecule has 0 saturated carbocycles. The highest BCUT2D eigenvalue weighted by Crippen LogP contribution is 2.43. The lowest BCUT2D eigenvalue weighted by atomic mass is 10.0. The summed E-state index contributed by atoms with van der Waals surface area (Å²) >= 11 is 0. The highest BCUT2D eigenvalue weighted by atomic mass is 31.2. The van der Waals surface area contributed by atoms with Crippen LogP contribution in [0, 0.1) is 0 Å². The van der Waals surface area contributed by atoms with E-state index in [-0.39, 0.29) is 19.4 Å². The van der Waals surface area contributed by atoms with Gasteiger partial charge < -0.3 is 25.2 Å². The number of ether oxygens (including phenoxy) is 2. The molecule has 344 valence electrons. The van der Waals surface area contributed by atoms with Gasteiger partial charge in [-0.3, -0.25) is 23.4 Å². The van der Waals surface area contributed by atoms with E-state index in [1.54, 1.807) is 0 Å². The Morgan fingerprint density at radius 1 is 0.533 bits per heavy atom. The molecule has 0 fully saturated rings. The molecular formula is C48H82NO10P.